The standard InChI is InChI=1S/C13H22N4OS.HI/c1-3-14-13(17-6-4-11(18)5-7-17)16-9-12-15-8-10(2)19-12;/h8,11,18H,3-7,9H2,1-2H3,(H,14,16);1H. The van der Waals surface area contributed by atoms with Crippen LogP contribution in [0, 0.1) is 6.92 Å². The number of rotatable bonds is 3. The Morgan fingerprint density at radius 2 is 2.25 bits per heavy atom. The summed E-state index contributed by atoms with van der Waals surface area (Å²) in [4.78, 5) is 12.4. The Balaban J connectivity index is 0.00000200. The van der Waals surface area contributed by atoms with Crippen molar-refractivity contribution in [3.05, 3.63) is 16.1 Å². The predicted octanol–water partition coefficient (Wildman–Crippen LogP) is 1.99. The summed E-state index contributed by atoms with van der Waals surface area (Å²) in [5, 5.41) is 13.9. The Morgan fingerprint density at radius 3 is 2.80 bits per heavy atom. The monoisotopic (exact) mass is 410 g/mol. The zero-order valence-electron chi connectivity index (χ0n) is 12.0. The predicted molar refractivity (Wildman–Crippen MR) is 93.9 cm³/mol. The minimum absolute atomic E-state index is 0. The van der Waals surface area contributed by atoms with Crippen LogP contribution >= 0.6 is 35.3 Å². The van der Waals surface area contributed by atoms with Gasteiger partial charge in [0.2, 0.25) is 0 Å². The molecule has 0 bridgehead atoms. The maximum absolute atomic E-state index is 9.55. The molecule has 114 valence electrons. The summed E-state index contributed by atoms with van der Waals surface area (Å²) >= 11 is 1.69. The summed E-state index contributed by atoms with van der Waals surface area (Å²) < 4.78 is 0. The van der Waals surface area contributed by atoms with Crippen molar-refractivity contribution in [2.24, 2.45) is 4.99 Å². The van der Waals surface area contributed by atoms with Gasteiger partial charge in [-0.25, -0.2) is 9.98 Å². The van der Waals surface area contributed by atoms with E-state index in [1.54, 1.807) is 11.3 Å². The topological polar surface area (TPSA) is 60.8 Å². The number of aromatic nitrogens is 1. The fraction of sp³-hybridized carbons (Fsp3) is 0.692. The Bertz CT molecular complexity index is 430. The third-order valence-electron chi connectivity index (χ3n) is 3.13. The molecule has 1 fully saturated rings. The molecule has 2 N–H and O–H groups in total. The first-order chi connectivity index (χ1) is 9.19. The third-order valence-corrected chi connectivity index (χ3v) is 4.03. The van der Waals surface area contributed by atoms with Crippen LogP contribution in [-0.4, -0.2) is 46.7 Å². The summed E-state index contributed by atoms with van der Waals surface area (Å²) in [5.74, 6) is 0.933. The second-order valence-electron chi connectivity index (χ2n) is 4.75. The molecule has 0 amide bonds. The first kappa shape index (κ1) is 17.6. The van der Waals surface area contributed by atoms with Gasteiger partial charge in [-0.2, -0.15) is 0 Å². The van der Waals surface area contributed by atoms with E-state index < -0.39 is 0 Å². The molecule has 0 unspecified atom stereocenters. The first-order valence-electron chi connectivity index (χ1n) is 6.81. The van der Waals surface area contributed by atoms with E-state index in [0.29, 0.717) is 6.54 Å². The highest BCUT2D eigenvalue weighted by Gasteiger charge is 2.19. The van der Waals surface area contributed by atoms with E-state index in [9.17, 15) is 5.11 Å². The van der Waals surface area contributed by atoms with Crippen LogP contribution in [0.25, 0.3) is 0 Å². The Labute approximate surface area is 141 Å². The lowest BCUT2D eigenvalue weighted by atomic mass is 10.1. The Kier molecular flexibility index (Phi) is 7.75. The number of hydrogen-bond acceptors (Lipinski definition) is 4. The molecule has 2 heterocycles. The smallest absolute Gasteiger partial charge is 0.194 e. The molecule has 0 aliphatic carbocycles. The van der Waals surface area contributed by atoms with Gasteiger partial charge in [-0.15, -0.1) is 35.3 Å². The van der Waals surface area contributed by atoms with Crippen molar-refractivity contribution >= 4 is 41.3 Å². The van der Waals surface area contributed by atoms with Crippen molar-refractivity contribution in [3.63, 3.8) is 0 Å². The molecule has 1 aliphatic heterocycles. The number of nitrogens with zero attached hydrogens (tertiary/aromatic N) is 3. The summed E-state index contributed by atoms with van der Waals surface area (Å²) in [5.41, 5.74) is 0. The maximum Gasteiger partial charge on any atom is 0.194 e. The number of aliphatic imine (C=N–C) groups is 1. The van der Waals surface area contributed by atoms with E-state index >= 15 is 0 Å². The lowest BCUT2D eigenvalue weighted by molar-refractivity contribution is 0.108. The molecule has 5 nitrogen and oxygen atoms in total. The number of aliphatic hydroxyl groups excluding tert-OH is 1. The van der Waals surface area contributed by atoms with Crippen molar-refractivity contribution in [2.45, 2.75) is 39.3 Å². The molecule has 1 saturated heterocycles. The lowest BCUT2D eigenvalue weighted by Crippen LogP contribution is -2.46. The molecular formula is C13H23IN4OS. The van der Waals surface area contributed by atoms with Crippen LogP contribution < -0.4 is 5.32 Å². The number of piperidine rings is 1. The normalized spacial score (nSPS) is 16.9. The van der Waals surface area contributed by atoms with Gasteiger partial charge in [-0.3, -0.25) is 0 Å². The van der Waals surface area contributed by atoms with Gasteiger partial charge < -0.3 is 15.3 Å². The molecule has 1 aromatic heterocycles. The molecule has 0 aromatic carbocycles. The van der Waals surface area contributed by atoms with Gasteiger partial charge >= 0.3 is 0 Å². The minimum atomic E-state index is -0.152. The van der Waals surface area contributed by atoms with E-state index in [1.807, 2.05) is 6.20 Å². The van der Waals surface area contributed by atoms with Gasteiger partial charge in [0.05, 0.1) is 12.6 Å². The van der Waals surface area contributed by atoms with Crippen LogP contribution in [0.4, 0.5) is 0 Å². The average Bonchev–Trinajstić information content (AvgIpc) is 2.81. The Morgan fingerprint density at radius 1 is 1.55 bits per heavy atom. The number of nitrogens with one attached hydrogen (secondary N) is 1. The molecule has 0 atom stereocenters. The molecule has 2 rings (SSSR count). The number of likely N-dealkylation sites (tertiary alicyclic amines) is 1. The van der Waals surface area contributed by atoms with E-state index in [1.165, 1.54) is 4.88 Å². The van der Waals surface area contributed by atoms with E-state index in [2.05, 4.69) is 34.0 Å². The number of aryl methyl sites for hydroxylation is 1. The van der Waals surface area contributed by atoms with Gasteiger partial charge in [0.15, 0.2) is 5.96 Å². The minimum Gasteiger partial charge on any atom is -0.393 e. The van der Waals surface area contributed by atoms with E-state index in [4.69, 9.17) is 0 Å². The fourth-order valence-electron chi connectivity index (χ4n) is 2.12. The molecule has 7 heteroatoms. The summed E-state index contributed by atoms with van der Waals surface area (Å²) in [6, 6.07) is 0. The average molecular weight is 410 g/mol. The molecule has 20 heavy (non-hydrogen) atoms. The van der Waals surface area contributed by atoms with E-state index in [0.717, 1.165) is 43.4 Å². The van der Waals surface area contributed by atoms with Crippen molar-refractivity contribution in [2.75, 3.05) is 19.6 Å². The number of aliphatic hydroxyl groups is 1. The number of halogens is 1. The lowest BCUT2D eigenvalue weighted by Gasteiger charge is -2.32. The van der Waals surface area contributed by atoms with Gasteiger partial charge in [0, 0.05) is 30.7 Å². The van der Waals surface area contributed by atoms with Crippen LogP contribution in [0.15, 0.2) is 11.2 Å². The maximum atomic E-state index is 9.55. The quantitative estimate of drug-likeness (QED) is 0.455. The number of thiazole rings is 1. The molecule has 0 spiro atoms. The summed E-state index contributed by atoms with van der Waals surface area (Å²) in [6.45, 7) is 7.34. The molecule has 0 saturated carbocycles. The van der Waals surface area contributed by atoms with Crippen LogP contribution in [-0.2, 0) is 6.54 Å². The zero-order chi connectivity index (χ0) is 13.7. The van der Waals surface area contributed by atoms with E-state index in [-0.39, 0.29) is 30.1 Å². The van der Waals surface area contributed by atoms with Crippen LogP contribution in [0.1, 0.15) is 29.7 Å². The number of hydrogen-bond donors (Lipinski definition) is 2. The van der Waals surface area contributed by atoms with Gasteiger partial charge in [-0.05, 0) is 26.7 Å². The zero-order valence-corrected chi connectivity index (χ0v) is 15.1. The van der Waals surface area contributed by atoms with Crippen molar-refractivity contribution in [1.82, 2.24) is 15.2 Å². The second kappa shape index (κ2) is 8.78. The van der Waals surface area contributed by atoms with Gasteiger partial charge in [0.25, 0.3) is 0 Å². The van der Waals surface area contributed by atoms with Crippen molar-refractivity contribution in [1.29, 1.82) is 0 Å². The number of guanidine groups is 1. The SMILES string of the molecule is CCNC(=NCc1ncc(C)s1)N1CCC(O)CC1.I. The molecule has 1 aliphatic rings. The fourth-order valence-corrected chi connectivity index (χ4v) is 2.83. The highest BCUT2D eigenvalue weighted by atomic mass is 127. The summed E-state index contributed by atoms with van der Waals surface area (Å²) in [7, 11) is 0. The second-order valence-corrected chi connectivity index (χ2v) is 6.07. The van der Waals surface area contributed by atoms with Crippen molar-refractivity contribution in [3.8, 4) is 0 Å². The third kappa shape index (κ3) is 5.17. The van der Waals surface area contributed by atoms with Gasteiger partial charge in [0.1, 0.15) is 5.01 Å². The molecule has 0 radical (unpaired) electrons. The molecular weight excluding hydrogens is 387 g/mol. The van der Waals surface area contributed by atoms with Gasteiger partial charge in [-0.1, -0.05) is 0 Å². The van der Waals surface area contributed by atoms with Crippen molar-refractivity contribution < 1.29 is 5.11 Å². The van der Waals surface area contributed by atoms with Crippen LogP contribution in [0.2, 0.25) is 0 Å². The molecule has 1 aromatic rings. The highest BCUT2D eigenvalue weighted by Crippen LogP contribution is 2.13. The van der Waals surface area contributed by atoms with Crippen LogP contribution in [0.5, 0.6) is 0 Å². The Hall–Kier alpha value is -0.410. The first-order valence-corrected chi connectivity index (χ1v) is 7.63. The highest BCUT2D eigenvalue weighted by molar-refractivity contribution is 14.0. The largest absolute Gasteiger partial charge is 0.393 e. The summed E-state index contributed by atoms with van der Waals surface area (Å²) in [6.07, 6.45) is 3.38. The van der Waals surface area contributed by atoms with Crippen LogP contribution in [0.3, 0.4) is 0 Å².